The number of hydrogen-bond acceptors (Lipinski definition) is 3. The molecule has 0 heterocycles. The quantitative estimate of drug-likeness (QED) is 0.0670. The Morgan fingerprint density at radius 3 is 1.20 bits per heavy atom. The highest BCUT2D eigenvalue weighted by molar-refractivity contribution is 5.91. The van der Waals surface area contributed by atoms with Crippen molar-refractivity contribution in [2.45, 2.75) is 49.4 Å². The van der Waals surface area contributed by atoms with Gasteiger partial charge in [0.2, 0.25) is 0 Å². The van der Waals surface area contributed by atoms with Crippen LogP contribution >= 0.6 is 0 Å². The van der Waals surface area contributed by atoms with E-state index in [0.29, 0.717) is 13.2 Å². The van der Waals surface area contributed by atoms with Crippen molar-refractivity contribution in [2.24, 2.45) is 0 Å². The lowest BCUT2D eigenvalue weighted by molar-refractivity contribution is 0.301. The summed E-state index contributed by atoms with van der Waals surface area (Å²) in [6.45, 7) is 8.93. The minimum Gasteiger partial charge on any atom is -0.494 e. The van der Waals surface area contributed by atoms with Gasteiger partial charge >= 0.3 is 0 Å². The maximum atomic E-state index is 15.1. The molecule has 11 aromatic carbocycles. The summed E-state index contributed by atoms with van der Waals surface area (Å²) >= 11 is 0. The fraction of sp³-hybridized carbons (Fsp3) is 0.125. The second kappa shape index (κ2) is 23.8. The fourth-order valence-corrected chi connectivity index (χ4v) is 13.4. The van der Waals surface area contributed by atoms with Gasteiger partial charge < -0.3 is 14.4 Å². The molecule has 13 rings (SSSR count). The van der Waals surface area contributed by atoms with Crippen molar-refractivity contribution in [3.63, 3.8) is 0 Å². The van der Waals surface area contributed by atoms with E-state index in [9.17, 15) is 0 Å². The van der Waals surface area contributed by atoms with Crippen LogP contribution in [-0.4, -0.2) is 13.2 Å². The first kappa shape index (κ1) is 54.4. The van der Waals surface area contributed by atoms with Gasteiger partial charge in [0, 0.05) is 27.9 Å². The van der Waals surface area contributed by atoms with Crippen molar-refractivity contribution >= 4 is 29.2 Å². The van der Waals surface area contributed by atoms with Crippen LogP contribution in [-0.2, 0) is 10.8 Å². The third-order valence-corrected chi connectivity index (χ3v) is 17.6. The van der Waals surface area contributed by atoms with Gasteiger partial charge in [-0.3, -0.25) is 0 Å². The molecule has 0 saturated carbocycles. The molecule has 11 aromatic rings. The Labute approximate surface area is 498 Å². The normalized spacial score (nSPS) is 15.3. The van der Waals surface area contributed by atoms with Gasteiger partial charge in [0.05, 0.1) is 13.2 Å². The summed E-state index contributed by atoms with van der Waals surface area (Å²) in [6, 6.07) is 90.0. The molecular formula is C80H65F2NO2. The van der Waals surface area contributed by atoms with Gasteiger partial charge in [-0.05, 0) is 219 Å². The predicted molar refractivity (Wildman–Crippen MR) is 347 cm³/mol. The minimum atomic E-state index is -0.614. The Morgan fingerprint density at radius 1 is 0.341 bits per heavy atom. The summed E-state index contributed by atoms with van der Waals surface area (Å²) in [5.41, 5.74) is 19.9. The van der Waals surface area contributed by atoms with Gasteiger partial charge in [-0.25, -0.2) is 8.78 Å². The van der Waals surface area contributed by atoms with E-state index in [2.05, 4.69) is 182 Å². The maximum absolute atomic E-state index is 15.1. The first-order chi connectivity index (χ1) is 41.8. The van der Waals surface area contributed by atoms with E-state index in [4.69, 9.17) is 9.47 Å². The highest BCUT2D eigenvalue weighted by Gasteiger charge is 2.46. The fourth-order valence-electron chi connectivity index (χ4n) is 13.4. The van der Waals surface area contributed by atoms with Crippen molar-refractivity contribution in [2.75, 3.05) is 18.1 Å². The van der Waals surface area contributed by atoms with Crippen LogP contribution in [0.4, 0.5) is 25.8 Å². The van der Waals surface area contributed by atoms with Crippen LogP contribution in [0.25, 0.3) is 56.7 Å². The molecule has 416 valence electrons. The molecule has 0 spiro atoms. The van der Waals surface area contributed by atoms with E-state index >= 15 is 8.78 Å². The monoisotopic (exact) mass is 1110 g/mol. The Kier molecular flexibility index (Phi) is 15.2. The van der Waals surface area contributed by atoms with Crippen LogP contribution in [0, 0.1) is 11.6 Å². The molecule has 2 aliphatic carbocycles. The van der Waals surface area contributed by atoms with Gasteiger partial charge in [0.25, 0.3) is 0 Å². The predicted octanol–water partition coefficient (Wildman–Crippen LogP) is 21.2. The van der Waals surface area contributed by atoms with Gasteiger partial charge in [-0.15, -0.1) is 0 Å². The number of nitrogens with zero attached hydrogens (tertiary/aromatic N) is 1. The molecule has 0 aromatic heterocycles. The van der Waals surface area contributed by atoms with Crippen LogP contribution in [0.3, 0.4) is 0 Å². The summed E-state index contributed by atoms with van der Waals surface area (Å²) in [6.07, 6.45) is 8.55. The van der Waals surface area contributed by atoms with E-state index in [1.54, 1.807) is 24.3 Å². The first-order valence-corrected chi connectivity index (χ1v) is 29.6. The van der Waals surface area contributed by atoms with E-state index in [-0.39, 0.29) is 11.6 Å². The second-order valence-electron chi connectivity index (χ2n) is 22.4. The molecule has 2 aliphatic rings. The van der Waals surface area contributed by atoms with E-state index in [1.807, 2.05) is 84.9 Å². The van der Waals surface area contributed by atoms with E-state index < -0.39 is 10.8 Å². The van der Waals surface area contributed by atoms with Gasteiger partial charge in [-0.1, -0.05) is 195 Å². The van der Waals surface area contributed by atoms with Gasteiger partial charge in [0.15, 0.2) is 0 Å². The van der Waals surface area contributed by atoms with Crippen LogP contribution in [0.15, 0.2) is 274 Å². The van der Waals surface area contributed by atoms with Crippen molar-refractivity contribution in [3.05, 3.63) is 330 Å². The topological polar surface area (TPSA) is 21.7 Å². The average molecular weight is 1110 g/mol. The van der Waals surface area contributed by atoms with Crippen LogP contribution in [0.1, 0.15) is 83.0 Å². The van der Waals surface area contributed by atoms with Crippen molar-refractivity contribution < 1.29 is 18.3 Å². The molecule has 0 fully saturated rings. The zero-order valence-electron chi connectivity index (χ0n) is 47.6. The lowest BCUT2D eigenvalue weighted by Gasteiger charge is -2.35. The summed E-state index contributed by atoms with van der Waals surface area (Å²) in [5, 5.41) is 0. The number of hydrogen-bond donors (Lipinski definition) is 0. The Morgan fingerprint density at radius 2 is 0.741 bits per heavy atom. The molecule has 0 aliphatic heterocycles. The number of fused-ring (bicyclic) bond motifs is 6. The van der Waals surface area contributed by atoms with E-state index in [0.717, 1.165) is 117 Å². The molecule has 2 unspecified atom stereocenters. The van der Waals surface area contributed by atoms with E-state index in [1.165, 1.54) is 38.9 Å². The molecule has 85 heavy (non-hydrogen) atoms. The zero-order chi connectivity index (χ0) is 57.7. The zero-order valence-corrected chi connectivity index (χ0v) is 47.6. The number of rotatable bonds is 21. The number of anilines is 3. The lowest BCUT2D eigenvalue weighted by atomic mass is 9.69. The SMILES string of the molecule is C=Cc1ccc(OCCCCC2(c3ccc(F)cc3)c3ccccc3-c3ccc(N(c4ccc(-c5cccc(-c6ccccc6)c5)cc4)c4ccc5c(c4)C(CCCCOc4ccc(C=C)cc4)(c4ccc(F)cc4)c4ccccc4-5)cc32)cc1. The van der Waals surface area contributed by atoms with Gasteiger partial charge in [0.1, 0.15) is 23.1 Å². The number of benzene rings is 11. The molecule has 0 amide bonds. The van der Waals surface area contributed by atoms with Gasteiger partial charge in [-0.2, -0.15) is 0 Å². The Balaban J connectivity index is 0.937. The largest absolute Gasteiger partial charge is 0.494 e. The molecule has 0 radical (unpaired) electrons. The summed E-state index contributed by atoms with van der Waals surface area (Å²) in [4.78, 5) is 2.40. The number of unbranched alkanes of at least 4 members (excludes halogenated alkanes) is 2. The number of ether oxygens (including phenoxy) is 2. The third-order valence-electron chi connectivity index (χ3n) is 17.6. The first-order valence-electron chi connectivity index (χ1n) is 29.6. The van der Waals surface area contributed by atoms with Crippen molar-refractivity contribution in [1.82, 2.24) is 0 Å². The lowest BCUT2D eigenvalue weighted by Crippen LogP contribution is -2.28. The smallest absolute Gasteiger partial charge is 0.123 e. The molecule has 0 N–H and O–H groups in total. The van der Waals surface area contributed by atoms with Crippen LogP contribution in [0.5, 0.6) is 11.5 Å². The Hall–Kier alpha value is -9.84. The van der Waals surface area contributed by atoms with Crippen LogP contribution < -0.4 is 14.4 Å². The minimum absolute atomic E-state index is 0.269. The van der Waals surface area contributed by atoms with Crippen LogP contribution in [0.2, 0.25) is 0 Å². The third kappa shape index (κ3) is 10.5. The van der Waals surface area contributed by atoms with Crippen molar-refractivity contribution in [3.8, 4) is 56.0 Å². The molecular weight excluding hydrogens is 1040 g/mol. The summed E-state index contributed by atoms with van der Waals surface area (Å²) in [7, 11) is 0. The summed E-state index contributed by atoms with van der Waals surface area (Å²) in [5.74, 6) is 1.12. The number of halogens is 2. The Bertz CT molecular complexity index is 3960. The molecule has 5 heteroatoms. The highest BCUT2D eigenvalue weighted by atomic mass is 19.1. The summed E-state index contributed by atoms with van der Waals surface area (Å²) < 4.78 is 42.9. The average Bonchev–Trinajstić information content (AvgIpc) is 3.17. The molecule has 3 nitrogen and oxygen atoms in total. The highest BCUT2D eigenvalue weighted by Crippen LogP contribution is 2.59. The molecule has 2 atom stereocenters. The standard InChI is InChI=1S/C80H65F2NO2/c1-3-56-25-43-69(44-26-56)84-51-14-12-49-79(62-31-35-64(81)36-32-62)75-23-10-8-21-71(75)73-47-41-67(54-77(73)79)83(66-39-29-59(30-40-66)61-20-16-19-60(53-61)58-17-6-5-7-18-58)68-42-48-74-72-22-9-11-24-76(72)80(78(74)55-68,63-33-37-65(82)38-34-63)50-13-15-52-85-70-45-27-57(4-2)28-46-70/h3-11,16-48,53-55H,1-2,12-15,49-52H2. The second-order valence-corrected chi connectivity index (χ2v) is 22.4. The maximum Gasteiger partial charge on any atom is 0.123 e. The molecule has 0 saturated heterocycles. The molecule has 0 bridgehead atoms. The van der Waals surface area contributed by atoms with Crippen molar-refractivity contribution in [1.29, 1.82) is 0 Å².